The molecule has 29 heavy (non-hydrogen) atoms. The monoisotopic (exact) mass is 435 g/mol. The number of hydrogen-bond acceptors (Lipinski definition) is 4. The number of carbonyl (C=O) groups is 2. The third kappa shape index (κ3) is 5.72. The van der Waals surface area contributed by atoms with Crippen molar-refractivity contribution in [1.29, 1.82) is 0 Å². The van der Waals surface area contributed by atoms with Gasteiger partial charge in [-0.15, -0.1) is 0 Å². The lowest BCUT2D eigenvalue weighted by molar-refractivity contribution is -0.168. The second-order valence-electron chi connectivity index (χ2n) is 7.93. The molecule has 0 aromatic heterocycles. The number of carbonyl (C=O) groups excluding carboxylic acids is 2. The average Bonchev–Trinajstić information content (AvgIpc) is 2.62. The van der Waals surface area contributed by atoms with Gasteiger partial charge in [0, 0.05) is 10.0 Å². The third-order valence-corrected chi connectivity index (χ3v) is 4.87. The number of halogens is 2. The van der Waals surface area contributed by atoms with Crippen LogP contribution in [0.15, 0.2) is 48.5 Å². The van der Waals surface area contributed by atoms with E-state index in [9.17, 15) is 9.59 Å². The molecule has 1 fully saturated rings. The first-order valence-electron chi connectivity index (χ1n) is 9.31. The SMILES string of the molecule is CC(C)(C)OC(=O)C[C@H]1O[C@@H](c2cccc(Cl)c2)C(c2ccc(Cl)cc2)NC1=O. The molecule has 0 radical (unpaired) electrons. The van der Waals surface area contributed by atoms with Crippen molar-refractivity contribution in [1.82, 2.24) is 5.32 Å². The summed E-state index contributed by atoms with van der Waals surface area (Å²) in [7, 11) is 0. The van der Waals surface area contributed by atoms with Gasteiger partial charge in [0.05, 0.1) is 12.5 Å². The zero-order valence-corrected chi connectivity index (χ0v) is 18.0. The van der Waals surface area contributed by atoms with Crippen LogP contribution < -0.4 is 5.32 Å². The van der Waals surface area contributed by atoms with E-state index in [1.165, 1.54) is 0 Å². The zero-order valence-electron chi connectivity index (χ0n) is 16.4. The van der Waals surface area contributed by atoms with Crippen LogP contribution in [0.3, 0.4) is 0 Å². The normalized spacial score (nSPS) is 22.1. The molecule has 3 atom stereocenters. The molecular weight excluding hydrogens is 413 g/mol. The second-order valence-corrected chi connectivity index (χ2v) is 8.80. The van der Waals surface area contributed by atoms with Crippen molar-refractivity contribution in [3.8, 4) is 0 Å². The molecule has 2 aromatic rings. The van der Waals surface area contributed by atoms with Crippen LogP contribution in [0.4, 0.5) is 0 Å². The molecule has 1 amide bonds. The predicted octanol–water partition coefficient (Wildman–Crippen LogP) is 5.02. The third-order valence-electron chi connectivity index (χ3n) is 4.38. The molecule has 1 unspecified atom stereocenters. The summed E-state index contributed by atoms with van der Waals surface area (Å²) in [6.45, 7) is 5.33. The van der Waals surface area contributed by atoms with E-state index in [1.54, 1.807) is 45.0 Å². The van der Waals surface area contributed by atoms with Crippen LogP contribution in [0.1, 0.15) is 50.5 Å². The van der Waals surface area contributed by atoms with Gasteiger partial charge in [-0.25, -0.2) is 0 Å². The highest BCUT2D eigenvalue weighted by Crippen LogP contribution is 2.38. The van der Waals surface area contributed by atoms with Crippen LogP contribution in [0.5, 0.6) is 0 Å². The maximum atomic E-state index is 12.7. The summed E-state index contributed by atoms with van der Waals surface area (Å²) in [6, 6.07) is 14.0. The van der Waals surface area contributed by atoms with Crippen LogP contribution in [-0.2, 0) is 19.1 Å². The van der Waals surface area contributed by atoms with Gasteiger partial charge in [0.25, 0.3) is 0 Å². The van der Waals surface area contributed by atoms with E-state index in [0.29, 0.717) is 10.0 Å². The lowest BCUT2D eigenvalue weighted by Crippen LogP contribution is -2.49. The van der Waals surface area contributed by atoms with Gasteiger partial charge in [-0.1, -0.05) is 47.5 Å². The average molecular weight is 436 g/mol. The van der Waals surface area contributed by atoms with Crippen LogP contribution >= 0.6 is 23.2 Å². The first-order valence-corrected chi connectivity index (χ1v) is 10.1. The number of ether oxygens (including phenoxy) is 2. The summed E-state index contributed by atoms with van der Waals surface area (Å²) in [6.07, 6.45) is -1.66. The van der Waals surface area contributed by atoms with E-state index in [4.69, 9.17) is 32.7 Å². The Balaban J connectivity index is 1.88. The lowest BCUT2D eigenvalue weighted by Gasteiger charge is -2.37. The number of benzene rings is 2. The van der Waals surface area contributed by atoms with Crippen LogP contribution in [-0.4, -0.2) is 23.6 Å². The Bertz CT molecular complexity index is 892. The minimum absolute atomic E-state index is 0.173. The van der Waals surface area contributed by atoms with Gasteiger partial charge in [0.1, 0.15) is 17.8 Å². The van der Waals surface area contributed by atoms with Gasteiger partial charge in [0.15, 0.2) is 0 Å². The molecule has 3 rings (SSSR count). The first-order chi connectivity index (χ1) is 13.6. The second kappa shape index (κ2) is 8.74. The fourth-order valence-electron chi connectivity index (χ4n) is 3.20. The van der Waals surface area contributed by atoms with Crippen molar-refractivity contribution in [3.63, 3.8) is 0 Å². The molecule has 1 aliphatic heterocycles. The maximum Gasteiger partial charge on any atom is 0.309 e. The minimum Gasteiger partial charge on any atom is -0.460 e. The molecule has 1 N–H and O–H groups in total. The lowest BCUT2D eigenvalue weighted by atomic mass is 9.93. The molecule has 154 valence electrons. The quantitative estimate of drug-likeness (QED) is 0.684. The molecule has 0 bridgehead atoms. The summed E-state index contributed by atoms with van der Waals surface area (Å²) < 4.78 is 11.5. The fourth-order valence-corrected chi connectivity index (χ4v) is 3.52. The first kappa shape index (κ1) is 21.6. The predicted molar refractivity (Wildman–Crippen MR) is 112 cm³/mol. The van der Waals surface area contributed by atoms with E-state index >= 15 is 0 Å². The Morgan fingerprint density at radius 3 is 2.38 bits per heavy atom. The van der Waals surface area contributed by atoms with Crippen LogP contribution in [0.25, 0.3) is 0 Å². The Morgan fingerprint density at radius 2 is 1.76 bits per heavy atom. The molecule has 0 aliphatic carbocycles. The van der Waals surface area contributed by atoms with E-state index in [0.717, 1.165) is 11.1 Å². The summed E-state index contributed by atoms with van der Waals surface area (Å²) in [5.41, 5.74) is 0.996. The van der Waals surface area contributed by atoms with Crippen molar-refractivity contribution >= 4 is 35.1 Å². The van der Waals surface area contributed by atoms with Gasteiger partial charge in [-0.2, -0.15) is 0 Å². The summed E-state index contributed by atoms with van der Waals surface area (Å²) >= 11 is 12.2. The van der Waals surface area contributed by atoms with Crippen molar-refractivity contribution < 1.29 is 19.1 Å². The maximum absolute atomic E-state index is 12.7. The molecule has 2 aromatic carbocycles. The smallest absolute Gasteiger partial charge is 0.309 e. The number of esters is 1. The van der Waals surface area contributed by atoms with Crippen LogP contribution in [0, 0.1) is 0 Å². The molecule has 0 spiro atoms. The Hall–Kier alpha value is -2.08. The highest BCUT2D eigenvalue weighted by atomic mass is 35.5. The summed E-state index contributed by atoms with van der Waals surface area (Å²) in [4.78, 5) is 24.9. The van der Waals surface area contributed by atoms with Gasteiger partial charge >= 0.3 is 5.97 Å². The largest absolute Gasteiger partial charge is 0.460 e. The van der Waals surface area contributed by atoms with Crippen molar-refractivity contribution in [2.24, 2.45) is 0 Å². The van der Waals surface area contributed by atoms with Gasteiger partial charge in [-0.05, 0) is 56.2 Å². The zero-order chi connectivity index (χ0) is 21.2. The number of hydrogen-bond donors (Lipinski definition) is 1. The highest BCUT2D eigenvalue weighted by Gasteiger charge is 2.39. The summed E-state index contributed by atoms with van der Waals surface area (Å²) in [5, 5.41) is 4.13. The van der Waals surface area contributed by atoms with E-state index in [1.807, 2.05) is 24.3 Å². The van der Waals surface area contributed by atoms with Crippen LogP contribution in [0.2, 0.25) is 10.0 Å². The Labute approximate surface area is 180 Å². The summed E-state index contributed by atoms with van der Waals surface area (Å²) in [5.74, 6) is -0.860. The number of morpholine rings is 1. The van der Waals surface area contributed by atoms with Gasteiger partial charge < -0.3 is 14.8 Å². The van der Waals surface area contributed by atoms with E-state index in [2.05, 4.69) is 5.32 Å². The van der Waals surface area contributed by atoms with Gasteiger partial charge in [-0.3, -0.25) is 9.59 Å². The number of nitrogens with one attached hydrogen (secondary N) is 1. The molecule has 1 aliphatic rings. The minimum atomic E-state index is -0.961. The Kier molecular flexibility index (Phi) is 6.52. The molecule has 7 heteroatoms. The fraction of sp³-hybridized carbons (Fsp3) is 0.364. The molecule has 0 saturated carbocycles. The highest BCUT2D eigenvalue weighted by molar-refractivity contribution is 6.30. The van der Waals surface area contributed by atoms with Crippen molar-refractivity contribution in [2.75, 3.05) is 0 Å². The van der Waals surface area contributed by atoms with E-state index in [-0.39, 0.29) is 12.3 Å². The topological polar surface area (TPSA) is 64.6 Å². The van der Waals surface area contributed by atoms with Gasteiger partial charge in [0.2, 0.25) is 5.91 Å². The Morgan fingerprint density at radius 1 is 1.07 bits per heavy atom. The molecule has 1 heterocycles. The standard InChI is InChI=1S/C22H23Cl2NO4/c1-22(2,3)29-18(26)12-17-21(27)25-19(13-7-9-15(23)10-8-13)20(28-17)14-5-4-6-16(24)11-14/h4-11,17,19-20H,12H2,1-3H3,(H,25,27)/t17-,19?,20+/m1/s1. The molecule has 5 nitrogen and oxygen atoms in total. The molecule has 1 saturated heterocycles. The number of amides is 1. The molecular formula is C22H23Cl2NO4. The van der Waals surface area contributed by atoms with Crippen molar-refractivity contribution in [3.05, 3.63) is 69.7 Å². The van der Waals surface area contributed by atoms with E-state index < -0.39 is 29.8 Å². The number of rotatable bonds is 4. The van der Waals surface area contributed by atoms with Crippen molar-refractivity contribution in [2.45, 2.75) is 51.0 Å².